The van der Waals surface area contributed by atoms with Crippen LogP contribution in [0.2, 0.25) is 0 Å². The summed E-state index contributed by atoms with van der Waals surface area (Å²) < 4.78 is 0. The molecule has 0 aromatic carbocycles. The Morgan fingerprint density at radius 3 is 2.17 bits per heavy atom. The standard InChI is InChI=1S/C3H3NO.K.H/c4-2-1-3-5;;/h1,3,5H;;. The molecule has 0 amide bonds. The van der Waals surface area contributed by atoms with Gasteiger partial charge in [-0.25, -0.2) is 0 Å². The molecule has 0 unspecified atom stereocenters. The Hall–Kier alpha value is 0.666. The number of aliphatic hydroxyl groups is 1. The van der Waals surface area contributed by atoms with Gasteiger partial charge in [-0.15, -0.1) is 0 Å². The topological polar surface area (TPSA) is 44.0 Å². The minimum atomic E-state index is 0. The molecule has 0 aromatic rings. The van der Waals surface area contributed by atoms with E-state index in [1.54, 1.807) is 6.07 Å². The second-order valence-electron chi connectivity index (χ2n) is 0.445. The van der Waals surface area contributed by atoms with Crippen LogP contribution in [0.4, 0.5) is 0 Å². The molecule has 0 radical (unpaired) electrons. The minimum absolute atomic E-state index is 0. The molecule has 0 saturated carbocycles. The second-order valence-corrected chi connectivity index (χ2v) is 0.445. The van der Waals surface area contributed by atoms with Crippen LogP contribution in [0.3, 0.4) is 0 Å². The molecule has 0 atom stereocenters. The van der Waals surface area contributed by atoms with E-state index in [-0.39, 0.29) is 51.4 Å². The number of hydrogen-bond acceptors (Lipinski definition) is 2. The van der Waals surface area contributed by atoms with Crippen LogP contribution in [0, 0.1) is 11.3 Å². The summed E-state index contributed by atoms with van der Waals surface area (Å²) in [4.78, 5) is 0. The van der Waals surface area contributed by atoms with Gasteiger partial charge < -0.3 is 5.11 Å². The van der Waals surface area contributed by atoms with Crippen molar-refractivity contribution >= 4 is 51.4 Å². The van der Waals surface area contributed by atoms with Gasteiger partial charge in [-0.1, -0.05) is 0 Å². The quantitative estimate of drug-likeness (QED) is 0.269. The molecule has 1 N–H and O–H groups in total. The number of aliphatic hydroxyl groups excluding tert-OH is 1. The van der Waals surface area contributed by atoms with E-state index < -0.39 is 0 Å². The normalized spacial score (nSPS) is 6.50. The molecule has 0 spiro atoms. The third kappa shape index (κ3) is 8.82. The Labute approximate surface area is 78.9 Å². The van der Waals surface area contributed by atoms with E-state index in [4.69, 9.17) is 10.4 Å². The van der Waals surface area contributed by atoms with Crippen molar-refractivity contribution < 1.29 is 5.11 Å². The molecular formula is C3H4KNO. The first kappa shape index (κ1) is 9.83. The zero-order valence-corrected chi connectivity index (χ0v) is 2.55. The van der Waals surface area contributed by atoms with Crippen LogP contribution in [0.25, 0.3) is 0 Å². The SMILES string of the molecule is N#CC=CO.[KH]. The van der Waals surface area contributed by atoms with Gasteiger partial charge in [0.2, 0.25) is 0 Å². The Bertz CT molecular complexity index is 73.4. The molecule has 0 aliphatic rings. The van der Waals surface area contributed by atoms with Crippen LogP contribution in [-0.2, 0) is 0 Å². The van der Waals surface area contributed by atoms with Crippen LogP contribution >= 0.6 is 0 Å². The van der Waals surface area contributed by atoms with Gasteiger partial charge in [0, 0.05) is 0 Å². The molecule has 0 aliphatic heterocycles. The fourth-order valence-electron chi connectivity index (χ4n) is 0.0333. The first-order valence-electron chi connectivity index (χ1n) is 1.10. The van der Waals surface area contributed by atoms with E-state index in [2.05, 4.69) is 0 Å². The maximum atomic E-state index is 7.66. The third-order valence-corrected chi connectivity index (χ3v) is 0.149. The summed E-state index contributed by atoms with van der Waals surface area (Å²) in [6.45, 7) is 0. The van der Waals surface area contributed by atoms with Gasteiger partial charge in [0.1, 0.15) is 0 Å². The number of hydrogen-bond donors (Lipinski definition) is 1. The summed E-state index contributed by atoms with van der Waals surface area (Å²) in [7, 11) is 0. The van der Waals surface area contributed by atoms with Gasteiger partial charge in [-0.05, 0) is 0 Å². The molecule has 0 saturated heterocycles. The number of nitrogens with zero attached hydrogens (tertiary/aromatic N) is 1. The van der Waals surface area contributed by atoms with Crippen molar-refractivity contribution in [2.75, 3.05) is 0 Å². The van der Waals surface area contributed by atoms with Crippen molar-refractivity contribution in [1.82, 2.24) is 0 Å². The summed E-state index contributed by atoms with van der Waals surface area (Å²) in [5.74, 6) is 0. The van der Waals surface area contributed by atoms with Gasteiger partial charge in [-0.2, -0.15) is 5.26 Å². The van der Waals surface area contributed by atoms with Crippen molar-refractivity contribution in [1.29, 1.82) is 5.26 Å². The van der Waals surface area contributed by atoms with Crippen molar-refractivity contribution in [3.63, 3.8) is 0 Å². The zero-order valence-electron chi connectivity index (χ0n) is 2.55. The van der Waals surface area contributed by atoms with Gasteiger partial charge in [-0.3, -0.25) is 0 Å². The van der Waals surface area contributed by atoms with Crippen molar-refractivity contribution in [3.8, 4) is 6.07 Å². The zero-order chi connectivity index (χ0) is 4.12. The summed E-state index contributed by atoms with van der Waals surface area (Å²) >= 11 is 0. The fraction of sp³-hybridized carbons (Fsp3) is 0. The first-order chi connectivity index (χ1) is 2.41. The predicted molar refractivity (Wildman–Crippen MR) is 24.5 cm³/mol. The Morgan fingerprint density at radius 1 is 1.67 bits per heavy atom. The van der Waals surface area contributed by atoms with E-state index >= 15 is 0 Å². The number of rotatable bonds is 0. The average Bonchev–Trinajstić information content (AvgIpc) is 1.41. The molecule has 0 bridgehead atoms. The molecule has 0 heterocycles. The van der Waals surface area contributed by atoms with Gasteiger partial charge >= 0.3 is 51.4 Å². The first-order valence-corrected chi connectivity index (χ1v) is 1.10. The molecule has 0 aromatic heterocycles. The molecule has 0 fully saturated rings. The molecule has 2 nitrogen and oxygen atoms in total. The summed E-state index contributed by atoms with van der Waals surface area (Å²) in [5.41, 5.74) is 0. The van der Waals surface area contributed by atoms with E-state index in [1.165, 1.54) is 0 Å². The van der Waals surface area contributed by atoms with Crippen LogP contribution in [0.15, 0.2) is 12.3 Å². The number of allylic oxidation sites excluding steroid dienone is 1. The van der Waals surface area contributed by atoms with Crippen molar-refractivity contribution in [2.45, 2.75) is 0 Å². The predicted octanol–water partition coefficient (Wildman–Crippen LogP) is -0.0668. The second kappa shape index (κ2) is 9.18. The summed E-state index contributed by atoms with van der Waals surface area (Å²) in [5, 5.41) is 15.2. The van der Waals surface area contributed by atoms with Gasteiger partial charge in [0.15, 0.2) is 0 Å². The Balaban J connectivity index is 0. The van der Waals surface area contributed by atoms with Crippen molar-refractivity contribution in [2.24, 2.45) is 0 Å². The van der Waals surface area contributed by atoms with Crippen LogP contribution in [0.1, 0.15) is 0 Å². The maximum absolute atomic E-state index is 7.66. The summed E-state index contributed by atoms with van der Waals surface area (Å²) in [6, 6.07) is 1.59. The van der Waals surface area contributed by atoms with E-state index in [1.807, 2.05) is 0 Å². The number of nitriles is 1. The molecule has 0 rings (SSSR count). The van der Waals surface area contributed by atoms with E-state index in [9.17, 15) is 0 Å². The van der Waals surface area contributed by atoms with Crippen molar-refractivity contribution in [3.05, 3.63) is 12.3 Å². The molecular weight excluding hydrogens is 105 g/mol. The van der Waals surface area contributed by atoms with Gasteiger partial charge in [0.05, 0.1) is 18.4 Å². The Morgan fingerprint density at radius 2 is 2.17 bits per heavy atom. The van der Waals surface area contributed by atoms with Crippen LogP contribution in [-0.4, -0.2) is 56.5 Å². The van der Waals surface area contributed by atoms with E-state index in [0.717, 1.165) is 6.08 Å². The van der Waals surface area contributed by atoms with E-state index in [0.29, 0.717) is 6.26 Å². The monoisotopic (exact) mass is 109 g/mol. The van der Waals surface area contributed by atoms with Crippen LogP contribution < -0.4 is 0 Å². The average molecular weight is 109 g/mol. The third-order valence-electron chi connectivity index (χ3n) is 0.149. The molecule has 0 aliphatic carbocycles. The van der Waals surface area contributed by atoms with Crippen LogP contribution in [0.5, 0.6) is 0 Å². The molecule has 6 heavy (non-hydrogen) atoms. The van der Waals surface area contributed by atoms with Gasteiger partial charge in [0.25, 0.3) is 0 Å². The molecule has 3 heteroatoms. The summed E-state index contributed by atoms with van der Waals surface area (Å²) in [6.07, 6.45) is 1.68. The Kier molecular flexibility index (Phi) is 15.0. The fourth-order valence-corrected chi connectivity index (χ4v) is 0.0333. The molecule has 28 valence electrons.